The number of carbonyl (C=O) groups excluding carboxylic acids is 2. The lowest BCUT2D eigenvalue weighted by molar-refractivity contribution is -0.125. The van der Waals surface area contributed by atoms with Crippen LogP contribution < -0.4 is 10.1 Å². The predicted octanol–water partition coefficient (Wildman–Crippen LogP) is 2.99. The van der Waals surface area contributed by atoms with Gasteiger partial charge in [0.05, 0.1) is 11.7 Å². The van der Waals surface area contributed by atoms with Crippen molar-refractivity contribution in [2.24, 2.45) is 5.92 Å². The minimum absolute atomic E-state index is 0.00146. The highest BCUT2D eigenvalue weighted by atomic mass is 16.5. The normalized spacial score (nSPS) is 20.9. The molecular formula is C20H28N2O3. The average Bonchev–Trinajstić information content (AvgIpc) is 2.58. The Bertz CT molecular complexity index is 625. The molecule has 1 unspecified atom stereocenters. The number of nitrogens with one attached hydrogen (secondary N) is 1. The van der Waals surface area contributed by atoms with E-state index in [1.807, 2.05) is 43.0 Å². The molecule has 1 aliphatic carbocycles. The number of hydrogen-bond acceptors (Lipinski definition) is 3. The predicted molar refractivity (Wildman–Crippen MR) is 96.6 cm³/mol. The van der Waals surface area contributed by atoms with E-state index in [2.05, 4.69) is 5.32 Å². The Balaban J connectivity index is 1.67. The number of likely N-dealkylation sites (tertiary alicyclic amines) is 1. The first-order valence-corrected chi connectivity index (χ1v) is 9.40. The smallest absolute Gasteiger partial charge is 0.257 e. The minimum atomic E-state index is -0.0392. The molecule has 1 aliphatic heterocycles. The van der Waals surface area contributed by atoms with Crippen molar-refractivity contribution in [3.8, 4) is 5.75 Å². The van der Waals surface area contributed by atoms with Gasteiger partial charge in [0.2, 0.25) is 5.91 Å². The fraction of sp³-hybridized carbons (Fsp3) is 0.600. The summed E-state index contributed by atoms with van der Waals surface area (Å²) in [6.45, 7) is 5.06. The molecule has 0 aromatic heterocycles. The summed E-state index contributed by atoms with van der Waals surface area (Å²) in [7, 11) is 0. The second-order valence-electron chi connectivity index (χ2n) is 7.42. The van der Waals surface area contributed by atoms with Gasteiger partial charge in [0.15, 0.2) is 0 Å². The van der Waals surface area contributed by atoms with Crippen molar-refractivity contribution in [3.63, 3.8) is 0 Å². The summed E-state index contributed by atoms with van der Waals surface area (Å²) in [4.78, 5) is 26.8. The van der Waals surface area contributed by atoms with Gasteiger partial charge >= 0.3 is 0 Å². The van der Waals surface area contributed by atoms with Crippen LogP contribution in [0.4, 0.5) is 0 Å². The second kappa shape index (κ2) is 7.89. The first-order chi connectivity index (χ1) is 12.0. The lowest BCUT2D eigenvalue weighted by atomic mass is 9.96. The molecule has 2 amide bonds. The molecule has 1 saturated carbocycles. The molecular weight excluding hydrogens is 316 g/mol. The first kappa shape index (κ1) is 17.8. The number of hydrogen-bond donors (Lipinski definition) is 1. The molecule has 1 atom stereocenters. The lowest BCUT2D eigenvalue weighted by Gasteiger charge is -2.34. The fourth-order valence-electron chi connectivity index (χ4n) is 3.23. The van der Waals surface area contributed by atoms with E-state index in [0.717, 1.165) is 32.2 Å². The molecule has 2 fully saturated rings. The molecule has 2 aliphatic rings. The Hall–Kier alpha value is -2.04. The van der Waals surface area contributed by atoms with Crippen LogP contribution in [0.3, 0.4) is 0 Å². The largest absolute Gasteiger partial charge is 0.490 e. The van der Waals surface area contributed by atoms with Crippen LogP contribution >= 0.6 is 0 Å². The van der Waals surface area contributed by atoms with Crippen molar-refractivity contribution in [2.45, 2.75) is 58.1 Å². The summed E-state index contributed by atoms with van der Waals surface area (Å²) >= 11 is 0. The van der Waals surface area contributed by atoms with Gasteiger partial charge in [-0.15, -0.1) is 0 Å². The first-order valence-electron chi connectivity index (χ1n) is 9.40. The van der Waals surface area contributed by atoms with Gasteiger partial charge in [-0.25, -0.2) is 0 Å². The third kappa shape index (κ3) is 4.33. The van der Waals surface area contributed by atoms with Gasteiger partial charge in [-0.2, -0.15) is 0 Å². The summed E-state index contributed by atoms with van der Waals surface area (Å²) in [5, 5.41) is 3.06. The molecule has 0 radical (unpaired) electrons. The van der Waals surface area contributed by atoms with E-state index in [-0.39, 0.29) is 29.9 Å². The van der Waals surface area contributed by atoms with Gasteiger partial charge in [-0.3, -0.25) is 9.59 Å². The highest BCUT2D eigenvalue weighted by Crippen LogP contribution is 2.28. The second-order valence-corrected chi connectivity index (χ2v) is 7.42. The molecule has 136 valence electrons. The zero-order valence-electron chi connectivity index (χ0n) is 15.2. The number of amides is 2. The van der Waals surface area contributed by atoms with Gasteiger partial charge in [-0.1, -0.05) is 26.0 Å². The Kier molecular flexibility index (Phi) is 5.61. The topological polar surface area (TPSA) is 58.6 Å². The fourth-order valence-corrected chi connectivity index (χ4v) is 3.23. The Morgan fingerprint density at radius 2 is 1.92 bits per heavy atom. The number of nitrogens with zero attached hydrogens (tertiary/aromatic N) is 1. The average molecular weight is 344 g/mol. The van der Waals surface area contributed by atoms with Gasteiger partial charge in [0, 0.05) is 25.0 Å². The highest BCUT2D eigenvalue weighted by Gasteiger charge is 2.28. The zero-order chi connectivity index (χ0) is 17.8. The van der Waals surface area contributed by atoms with Gasteiger partial charge in [0.1, 0.15) is 5.75 Å². The van der Waals surface area contributed by atoms with Crippen molar-refractivity contribution < 1.29 is 14.3 Å². The number of benzene rings is 1. The van der Waals surface area contributed by atoms with Crippen LogP contribution in [-0.2, 0) is 4.79 Å². The third-order valence-electron chi connectivity index (χ3n) is 5.04. The molecule has 3 rings (SSSR count). The highest BCUT2D eigenvalue weighted by molar-refractivity contribution is 5.97. The molecule has 5 heteroatoms. The molecule has 1 saturated heterocycles. The Morgan fingerprint density at radius 3 is 2.60 bits per heavy atom. The molecule has 5 nitrogen and oxygen atoms in total. The quantitative estimate of drug-likeness (QED) is 0.893. The monoisotopic (exact) mass is 344 g/mol. The van der Waals surface area contributed by atoms with Crippen molar-refractivity contribution in [1.82, 2.24) is 10.2 Å². The maximum Gasteiger partial charge on any atom is 0.257 e. The maximum atomic E-state index is 13.0. The summed E-state index contributed by atoms with van der Waals surface area (Å²) in [5.74, 6) is 0.694. The van der Waals surface area contributed by atoms with E-state index < -0.39 is 0 Å². The summed E-state index contributed by atoms with van der Waals surface area (Å²) in [6.07, 6.45) is 5.39. The molecule has 0 bridgehead atoms. The van der Waals surface area contributed by atoms with Crippen molar-refractivity contribution in [1.29, 1.82) is 0 Å². The van der Waals surface area contributed by atoms with E-state index in [0.29, 0.717) is 17.9 Å². The van der Waals surface area contributed by atoms with Crippen LogP contribution in [-0.4, -0.2) is 41.9 Å². The Labute approximate surface area is 149 Å². The summed E-state index contributed by atoms with van der Waals surface area (Å²) < 4.78 is 6.00. The molecule has 1 N–H and O–H groups in total. The van der Waals surface area contributed by atoms with Crippen LogP contribution in [0.2, 0.25) is 0 Å². The lowest BCUT2D eigenvalue weighted by Crippen LogP contribution is -2.50. The number of piperidine rings is 1. The van der Waals surface area contributed by atoms with Crippen LogP contribution in [0.1, 0.15) is 56.3 Å². The number of rotatable bonds is 5. The molecule has 25 heavy (non-hydrogen) atoms. The zero-order valence-corrected chi connectivity index (χ0v) is 15.2. The summed E-state index contributed by atoms with van der Waals surface area (Å²) in [5.41, 5.74) is 0.630. The molecule has 1 heterocycles. The SMILES string of the molecule is CC(C)C(=O)NC1CCCN(C(=O)c2ccccc2OC2CCC2)C1. The van der Waals surface area contributed by atoms with Crippen LogP contribution in [0.15, 0.2) is 24.3 Å². The van der Waals surface area contributed by atoms with Crippen molar-refractivity contribution in [2.75, 3.05) is 13.1 Å². The third-order valence-corrected chi connectivity index (χ3v) is 5.04. The Morgan fingerprint density at radius 1 is 1.16 bits per heavy atom. The van der Waals surface area contributed by atoms with E-state index >= 15 is 0 Å². The molecule has 1 aromatic carbocycles. The number of ether oxygens (including phenoxy) is 1. The van der Waals surface area contributed by atoms with Gasteiger partial charge < -0.3 is 15.0 Å². The van der Waals surface area contributed by atoms with E-state index in [4.69, 9.17) is 4.74 Å². The van der Waals surface area contributed by atoms with Crippen molar-refractivity contribution in [3.05, 3.63) is 29.8 Å². The number of carbonyl (C=O) groups is 2. The minimum Gasteiger partial charge on any atom is -0.490 e. The van der Waals surface area contributed by atoms with Crippen molar-refractivity contribution >= 4 is 11.8 Å². The molecule has 0 spiro atoms. The van der Waals surface area contributed by atoms with Gasteiger partial charge in [0.25, 0.3) is 5.91 Å². The molecule has 1 aromatic rings. The van der Waals surface area contributed by atoms with Crippen LogP contribution in [0, 0.1) is 5.92 Å². The van der Waals surface area contributed by atoms with E-state index in [1.165, 1.54) is 6.42 Å². The maximum absolute atomic E-state index is 13.0. The van der Waals surface area contributed by atoms with Gasteiger partial charge in [-0.05, 0) is 44.2 Å². The number of para-hydroxylation sites is 1. The standard InChI is InChI=1S/C20H28N2O3/c1-14(2)19(23)21-15-7-6-12-22(13-15)20(24)17-10-3-4-11-18(17)25-16-8-5-9-16/h3-4,10-11,14-16H,5-9,12-13H2,1-2H3,(H,21,23). The van der Waals surface area contributed by atoms with E-state index in [9.17, 15) is 9.59 Å². The van der Waals surface area contributed by atoms with E-state index in [1.54, 1.807) is 0 Å². The van der Waals surface area contributed by atoms with Crippen LogP contribution in [0.5, 0.6) is 5.75 Å². The van der Waals surface area contributed by atoms with Crippen LogP contribution in [0.25, 0.3) is 0 Å². The summed E-state index contributed by atoms with van der Waals surface area (Å²) in [6, 6.07) is 7.54.